The van der Waals surface area contributed by atoms with Crippen molar-refractivity contribution in [2.24, 2.45) is 0 Å². The number of aliphatic hydroxyl groups is 1. The van der Waals surface area contributed by atoms with Crippen LogP contribution in [0.4, 0.5) is 8.78 Å². The molecule has 1 aromatic carbocycles. The minimum atomic E-state index is -4.81. The van der Waals surface area contributed by atoms with Gasteiger partial charge in [-0.15, -0.1) is 11.3 Å². The first kappa shape index (κ1) is 26.6. The summed E-state index contributed by atoms with van der Waals surface area (Å²) in [6.07, 6.45) is 1.32. The summed E-state index contributed by atoms with van der Waals surface area (Å²) in [4.78, 5) is -0.552. The smallest absolute Gasteiger partial charge is 0.405 e. The number of thiophene rings is 1. The van der Waals surface area contributed by atoms with Crippen LogP contribution in [0.2, 0.25) is 0 Å². The highest BCUT2D eigenvalue weighted by atomic mass is 79.9. The van der Waals surface area contributed by atoms with Gasteiger partial charge in [0, 0.05) is 16.1 Å². The zero-order chi connectivity index (χ0) is 23.4. The Hall–Kier alpha value is -0.620. The van der Waals surface area contributed by atoms with E-state index in [1.54, 1.807) is 0 Å². The van der Waals surface area contributed by atoms with Gasteiger partial charge in [0.1, 0.15) is 20.5 Å². The fourth-order valence-corrected chi connectivity index (χ4v) is 7.41. The lowest BCUT2D eigenvalue weighted by Crippen LogP contribution is -2.17. The van der Waals surface area contributed by atoms with Gasteiger partial charge in [0.15, 0.2) is 0 Å². The third-order valence-corrected chi connectivity index (χ3v) is 9.73. The van der Waals surface area contributed by atoms with Crippen molar-refractivity contribution in [1.29, 1.82) is 0 Å². The Balaban J connectivity index is 2.53. The number of fused-ring (bicyclic) bond motifs is 1. The molecular weight excluding hydrogens is 541 g/mol. The van der Waals surface area contributed by atoms with Crippen molar-refractivity contribution in [1.82, 2.24) is 0 Å². The minimum Gasteiger partial charge on any atom is -0.492 e. The molecule has 0 radical (unpaired) electrons. The summed E-state index contributed by atoms with van der Waals surface area (Å²) in [5, 5.41) is 9.88. The number of ether oxygens (including phenoxy) is 1. The Labute approximate surface area is 192 Å². The summed E-state index contributed by atoms with van der Waals surface area (Å²) in [6.45, 7) is 2.11. The lowest BCUT2D eigenvalue weighted by Gasteiger charge is -2.25. The summed E-state index contributed by atoms with van der Waals surface area (Å²) >= 11 is 3.83. The zero-order valence-electron chi connectivity index (χ0n) is 17.2. The molecule has 0 saturated carbocycles. The van der Waals surface area contributed by atoms with Gasteiger partial charge < -0.3 is 18.9 Å². The van der Waals surface area contributed by atoms with Crippen molar-refractivity contribution in [3.63, 3.8) is 0 Å². The summed E-state index contributed by atoms with van der Waals surface area (Å²) in [5.41, 5.74) is -3.52. The average Bonchev–Trinajstić information content (AvgIpc) is 3.02. The van der Waals surface area contributed by atoms with E-state index in [2.05, 4.69) is 15.9 Å². The van der Waals surface area contributed by atoms with Crippen LogP contribution in [0, 0.1) is 0 Å². The molecule has 2 rings (SSSR count). The molecule has 0 aliphatic rings. The molecule has 0 amide bonds. The maximum absolute atomic E-state index is 15.3. The highest BCUT2D eigenvalue weighted by Crippen LogP contribution is 2.69. The van der Waals surface area contributed by atoms with Gasteiger partial charge in [-0.05, 0) is 53.9 Å². The van der Waals surface area contributed by atoms with Crippen molar-refractivity contribution in [2.45, 2.75) is 32.5 Å². The van der Waals surface area contributed by atoms with E-state index in [-0.39, 0.29) is 48.8 Å². The van der Waals surface area contributed by atoms with E-state index in [1.165, 1.54) is 26.0 Å². The zero-order valence-corrected chi connectivity index (χ0v) is 21.3. The number of hydrogen-bond donors (Lipinski definition) is 1. The summed E-state index contributed by atoms with van der Waals surface area (Å²) < 4.78 is 81.8. The summed E-state index contributed by atoms with van der Waals surface area (Å²) in [7, 11) is -7.98. The normalized spacial score (nSPS) is 13.1. The van der Waals surface area contributed by atoms with Crippen LogP contribution in [-0.4, -0.2) is 45.4 Å². The van der Waals surface area contributed by atoms with E-state index in [0.717, 1.165) is 6.26 Å². The number of sulfone groups is 1. The molecule has 1 heterocycles. The highest BCUT2D eigenvalue weighted by molar-refractivity contribution is 9.10. The van der Waals surface area contributed by atoms with Gasteiger partial charge in [0.25, 0.3) is 0 Å². The molecule has 1 aromatic heterocycles. The lowest BCUT2D eigenvalue weighted by atomic mass is 10.1. The van der Waals surface area contributed by atoms with Crippen molar-refractivity contribution >= 4 is 54.8 Å². The Morgan fingerprint density at radius 1 is 1.23 bits per heavy atom. The molecule has 176 valence electrons. The molecule has 0 bridgehead atoms. The van der Waals surface area contributed by atoms with Gasteiger partial charge in [0.05, 0.1) is 36.9 Å². The fraction of sp³-hybridized carbons (Fsp3) is 0.556. The Bertz CT molecular complexity index is 1060. The van der Waals surface area contributed by atoms with Gasteiger partial charge in [-0.2, -0.15) is 8.78 Å². The highest BCUT2D eigenvalue weighted by Gasteiger charge is 2.57. The van der Waals surface area contributed by atoms with E-state index < -0.39 is 28.0 Å². The molecule has 13 heteroatoms. The molecule has 0 aliphatic carbocycles. The van der Waals surface area contributed by atoms with Gasteiger partial charge in [0.2, 0.25) is 0 Å². The molecule has 0 fully saturated rings. The minimum absolute atomic E-state index is 0.00610. The van der Waals surface area contributed by atoms with E-state index in [0.29, 0.717) is 27.0 Å². The van der Waals surface area contributed by atoms with Crippen molar-refractivity contribution in [2.75, 3.05) is 31.8 Å². The quantitative estimate of drug-likeness (QED) is 0.276. The standard InChI is InChI=1S/C18H24BrF2O7PS2/c1-4-27-29(23,28-5-2)18(20,21)17-15(19)13-9-12(11-22)10-14(16(13)30-17)26-7-6-8-31(3,24)25/h9-10,22H,4-8,11H2,1-3H3. The average molecular weight is 565 g/mol. The first-order valence-corrected chi connectivity index (χ1v) is 14.5. The Kier molecular flexibility index (Phi) is 9.06. The van der Waals surface area contributed by atoms with Gasteiger partial charge in [-0.3, -0.25) is 4.57 Å². The molecule has 7 nitrogen and oxygen atoms in total. The second-order valence-electron chi connectivity index (χ2n) is 6.58. The molecule has 0 spiro atoms. The van der Waals surface area contributed by atoms with Gasteiger partial charge in [-0.25, -0.2) is 8.42 Å². The van der Waals surface area contributed by atoms with E-state index in [1.807, 2.05) is 0 Å². The topological polar surface area (TPSA) is 99.1 Å². The predicted molar refractivity (Wildman–Crippen MR) is 120 cm³/mol. The van der Waals surface area contributed by atoms with E-state index in [4.69, 9.17) is 13.8 Å². The predicted octanol–water partition coefficient (Wildman–Crippen LogP) is 5.29. The Morgan fingerprint density at radius 2 is 1.84 bits per heavy atom. The van der Waals surface area contributed by atoms with Gasteiger partial charge in [-0.1, -0.05) is 0 Å². The van der Waals surface area contributed by atoms with Crippen LogP contribution >= 0.6 is 34.9 Å². The summed E-state index contributed by atoms with van der Waals surface area (Å²) in [6, 6.07) is 3.02. The fourth-order valence-electron chi connectivity index (χ4n) is 2.76. The third-order valence-electron chi connectivity index (χ3n) is 4.07. The molecule has 0 saturated heterocycles. The summed E-state index contributed by atoms with van der Waals surface area (Å²) in [5.74, 6) is 0.129. The maximum atomic E-state index is 15.3. The van der Waals surface area contributed by atoms with Crippen LogP contribution in [0.25, 0.3) is 10.1 Å². The van der Waals surface area contributed by atoms with Gasteiger partial charge >= 0.3 is 13.3 Å². The molecule has 1 N–H and O–H groups in total. The van der Waals surface area contributed by atoms with Crippen LogP contribution in [0.5, 0.6) is 5.75 Å². The monoisotopic (exact) mass is 564 g/mol. The molecule has 31 heavy (non-hydrogen) atoms. The first-order valence-electron chi connectivity index (χ1n) is 9.34. The number of rotatable bonds is 12. The SMILES string of the molecule is CCOP(=O)(OCC)C(F)(F)c1sc2c(OCCCS(C)(=O)=O)cc(CO)cc2c1Br. The van der Waals surface area contributed by atoms with Crippen molar-refractivity contribution < 1.29 is 40.7 Å². The molecular formula is C18H24BrF2O7PS2. The van der Waals surface area contributed by atoms with Crippen LogP contribution in [-0.2, 0) is 35.7 Å². The molecule has 0 aliphatic heterocycles. The number of hydrogen-bond acceptors (Lipinski definition) is 8. The number of aliphatic hydroxyl groups excluding tert-OH is 1. The van der Waals surface area contributed by atoms with Crippen LogP contribution in [0.15, 0.2) is 16.6 Å². The van der Waals surface area contributed by atoms with Crippen molar-refractivity contribution in [3.8, 4) is 5.75 Å². The first-order chi connectivity index (χ1) is 14.4. The van der Waals surface area contributed by atoms with Crippen molar-refractivity contribution in [3.05, 3.63) is 27.0 Å². The number of alkyl halides is 2. The molecule has 0 atom stereocenters. The molecule has 0 unspecified atom stereocenters. The van der Waals surface area contributed by atoms with E-state index >= 15 is 8.78 Å². The molecule has 2 aromatic rings. The number of benzene rings is 1. The second-order valence-corrected chi connectivity index (χ2v) is 12.7. The van der Waals surface area contributed by atoms with Crippen LogP contribution in [0.3, 0.4) is 0 Å². The van der Waals surface area contributed by atoms with Crippen LogP contribution in [0.1, 0.15) is 30.7 Å². The maximum Gasteiger partial charge on any atom is 0.405 e. The Morgan fingerprint density at radius 3 is 2.35 bits per heavy atom. The van der Waals surface area contributed by atoms with Crippen LogP contribution < -0.4 is 4.74 Å². The number of halogens is 3. The van der Waals surface area contributed by atoms with E-state index in [9.17, 15) is 18.1 Å². The largest absolute Gasteiger partial charge is 0.492 e. The lowest BCUT2D eigenvalue weighted by molar-refractivity contribution is 0.0387. The second kappa shape index (κ2) is 10.5. The third kappa shape index (κ3) is 6.04.